The molecule has 0 bridgehead atoms. The molecule has 0 spiro atoms. The summed E-state index contributed by atoms with van der Waals surface area (Å²) in [5.74, 6) is 0.963. The molecule has 1 N–H and O–H groups in total. The standard InChI is InChI=1S/C31H29N5OS/c1-21-11-15-24(16-12-21)32-31(37)35-20-27-22(2)33-36(25-8-5-4-6-9-25)30(27)34-19-7-10-28(34)29(35)23-13-17-26(38-3)18-14-23/h4-19,29H,20H2,1-3H3,(H,32,37)/t29-/m1/s1. The maximum atomic E-state index is 14.0. The van der Waals surface area contributed by atoms with E-state index in [1.54, 1.807) is 11.8 Å². The third kappa shape index (κ3) is 4.29. The van der Waals surface area contributed by atoms with Gasteiger partial charge in [0.25, 0.3) is 0 Å². The molecular weight excluding hydrogens is 490 g/mol. The first kappa shape index (κ1) is 24.1. The number of nitrogens with one attached hydrogen (secondary N) is 1. The fourth-order valence-corrected chi connectivity index (χ4v) is 5.53. The molecule has 0 aliphatic carbocycles. The fraction of sp³-hybridized carbons (Fsp3) is 0.161. The Bertz CT molecular complexity index is 1590. The number of anilines is 1. The van der Waals surface area contributed by atoms with E-state index in [-0.39, 0.29) is 12.1 Å². The molecule has 1 atom stereocenters. The molecule has 0 unspecified atom stereocenters. The third-order valence-electron chi connectivity index (χ3n) is 7.08. The van der Waals surface area contributed by atoms with E-state index in [0.29, 0.717) is 6.54 Å². The van der Waals surface area contributed by atoms with Crippen LogP contribution in [0.5, 0.6) is 0 Å². The van der Waals surface area contributed by atoms with Gasteiger partial charge >= 0.3 is 6.03 Å². The lowest BCUT2D eigenvalue weighted by atomic mass is 10.0. The van der Waals surface area contributed by atoms with Crippen LogP contribution < -0.4 is 5.32 Å². The average Bonchev–Trinajstić information content (AvgIpc) is 3.51. The highest BCUT2D eigenvalue weighted by molar-refractivity contribution is 7.98. The Morgan fingerprint density at radius 2 is 1.66 bits per heavy atom. The molecule has 2 amide bonds. The molecule has 7 heteroatoms. The van der Waals surface area contributed by atoms with Crippen LogP contribution in [-0.4, -0.2) is 31.5 Å². The summed E-state index contributed by atoms with van der Waals surface area (Å²) in [5.41, 5.74) is 6.89. The highest BCUT2D eigenvalue weighted by Crippen LogP contribution is 2.39. The number of aryl methyl sites for hydroxylation is 2. The Morgan fingerprint density at radius 3 is 2.37 bits per heavy atom. The number of amides is 2. The zero-order valence-electron chi connectivity index (χ0n) is 21.6. The number of aromatic nitrogens is 3. The molecular formula is C31H29N5OS. The Balaban J connectivity index is 1.52. The van der Waals surface area contributed by atoms with Crippen LogP contribution in [0.4, 0.5) is 10.5 Å². The Labute approximate surface area is 226 Å². The maximum Gasteiger partial charge on any atom is 0.322 e. The molecule has 3 aromatic carbocycles. The number of para-hydroxylation sites is 1. The number of hydrogen-bond donors (Lipinski definition) is 1. The van der Waals surface area contributed by atoms with Gasteiger partial charge in [0.2, 0.25) is 0 Å². The Kier molecular flexibility index (Phi) is 6.29. The summed E-state index contributed by atoms with van der Waals surface area (Å²) < 4.78 is 4.18. The number of benzene rings is 3. The molecule has 0 saturated carbocycles. The second kappa shape index (κ2) is 9.91. The summed E-state index contributed by atoms with van der Waals surface area (Å²) in [5, 5.41) is 8.07. The number of rotatable bonds is 4. The fourth-order valence-electron chi connectivity index (χ4n) is 5.12. The van der Waals surface area contributed by atoms with E-state index in [1.807, 2.05) is 72.0 Å². The van der Waals surface area contributed by atoms with Crippen molar-refractivity contribution in [2.45, 2.75) is 31.3 Å². The highest BCUT2D eigenvalue weighted by atomic mass is 32.2. The monoisotopic (exact) mass is 519 g/mol. The highest BCUT2D eigenvalue weighted by Gasteiger charge is 2.36. The molecule has 2 aromatic heterocycles. The van der Waals surface area contributed by atoms with Crippen LogP contribution in [0.3, 0.4) is 0 Å². The van der Waals surface area contributed by atoms with Crippen molar-refractivity contribution in [2.24, 2.45) is 0 Å². The second-order valence-electron chi connectivity index (χ2n) is 9.54. The van der Waals surface area contributed by atoms with E-state index < -0.39 is 0 Å². The zero-order chi connectivity index (χ0) is 26.2. The van der Waals surface area contributed by atoms with Crippen molar-refractivity contribution in [1.82, 2.24) is 19.2 Å². The molecule has 1 aliphatic heterocycles. The van der Waals surface area contributed by atoms with E-state index in [0.717, 1.165) is 45.3 Å². The number of carbonyl (C=O) groups is 1. The third-order valence-corrected chi connectivity index (χ3v) is 7.83. The van der Waals surface area contributed by atoms with Crippen molar-refractivity contribution in [3.8, 4) is 11.5 Å². The summed E-state index contributed by atoms with van der Waals surface area (Å²) >= 11 is 1.71. The topological polar surface area (TPSA) is 55.1 Å². The first-order valence-corrected chi connectivity index (χ1v) is 13.9. The van der Waals surface area contributed by atoms with Crippen LogP contribution in [0.15, 0.2) is 102 Å². The van der Waals surface area contributed by atoms with Crippen molar-refractivity contribution in [3.05, 3.63) is 125 Å². The summed E-state index contributed by atoms with van der Waals surface area (Å²) in [6.07, 6.45) is 4.14. The molecule has 6 nitrogen and oxygen atoms in total. The van der Waals surface area contributed by atoms with Gasteiger partial charge in [-0.2, -0.15) is 5.10 Å². The van der Waals surface area contributed by atoms with Gasteiger partial charge in [-0.15, -0.1) is 11.8 Å². The lowest BCUT2D eigenvalue weighted by molar-refractivity contribution is 0.194. The van der Waals surface area contributed by atoms with Crippen LogP contribution in [0.25, 0.3) is 11.5 Å². The minimum atomic E-state index is -0.289. The van der Waals surface area contributed by atoms with Crippen LogP contribution >= 0.6 is 11.8 Å². The number of urea groups is 1. The van der Waals surface area contributed by atoms with Gasteiger partial charge in [0, 0.05) is 22.3 Å². The molecule has 5 aromatic rings. The van der Waals surface area contributed by atoms with Gasteiger partial charge in [-0.3, -0.25) is 0 Å². The largest absolute Gasteiger partial charge is 0.322 e. The number of hydrogen-bond acceptors (Lipinski definition) is 3. The normalized spacial score (nSPS) is 14.5. The first-order valence-electron chi connectivity index (χ1n) is 12.6. The lowest BCUT2D eigenvalue weighted by Gasteiger charge is -2.31. The van der Waals surface area contributed by atoms with Crippen molar-refractivity contribution in [1.29, 1.82) is 0 Å². The average molecular weight is 520 g/mol. The van der Waals surface area contributed by atoms with E-state index in [9.17, 15) is 4.79 Å². The zero-order valence-corrected chi connectivity index (χ0v) is 22.4. The number of fused-ring (bicyclic) bond motifs is 3. The summed E-state index contributed by atoms with van der Waals surface area (Å²) in [7, 11) is 0. The molecule has 6 rings (SSSR count). The SMILES string of the molecule is CSc1ccc([C@@H]2c3cccn3-c3c(c(C)nn3-c3ccccc3)CN2C(=O)Nc2ccc(C)cc2)cc1. The number of carbonyl (C=O) groups excluding carboxylic acids is 1. The van der Waals surface area contributed by atoms with Gasteiger partial charge in [-0.25, -0.2) is 9.48 Å². The van der Waals surface area contributed by atoms with E-state index in [4.69, 9.17) is 5.10 Å². The lowest BCUT2D eigenvalue weighted by Crippen LogP contribution is -2.38. The van der Waals surface area contributed by atoms with E-state index in [1.165, 1.54) is 4.90 Å². The van der Waals surface area contributed by atoms with Gasteiger partial charge in [0.15, 0.2) is 0 Å². The number of thioether (sulfide) groups is 1. The smallest absolute Gasteiger partial charge is 0.308 e. The minimum Gasteiger partial charge on any atom is -0.308 e. The van der Waals surface area contributed by atoms with Crippen LogP contribution in [0, 0.1) is 13.8 Å². The van der Waals surface area contributed by atoms with Gasteiger partial charge in [0.1, 0.15) is 5.82 Å². The quantitative estimate of drug-likeness (QED) is 0.257. The predicted molar refractivity (Wildman–Crippen MR) is 153 cm³/mol. The van der Waals surface area contributed by atoms with Crippen molar-refractivity contribution >= 4 is 23.5 Å². The Morgan fingerprint density at radius 1 is 0.921 bits per heavy atom. The maximum absolute atomic E-state index is 14.0. The molecule has 190 valence electrons. The first-order chi connectivity index (χ1) is 18.5. The second-order valence-corrected chi connectivity index (χ2v) is 10.4. The van der Waals surface area contributed by atoms with Crippen molar-refractivity contribution in [2.75, 3.05) is 11.6 Å². The van der Waals surface area contributed by atoms with Crippen LogP contribution in [0.2, 0.25) is 0 Å². The molecule has 3 heterocycles. The Hall–Kier alpha value is -4.23. The predicted octanol–water partition coefficient (Wildman–Crippen LogP) is 7.14. The van der Waals surface area contributed by atoms with Crippen molar-refractivity contribution < 1.29 is 4.79 Å². The van der Waals surface area contributed by atoms with Gasteiger partial charge in [-0.05, 0) is 74.2 Å². The minimum absolute atomic E-state index is 0.153. The van der Waals surface area contributed by atoms with Gasteiger partial charge in [0.05, 0.1) is 29.7 Å². The molecule has 0 radical (unpaired) electrons. The molecule has 0 saturated heterocycles. The van der Waals surface area contributed by atoms with Gasteiger partial charge < -0.3 is 14.8 Å². The summed E-state index contributed by atoms with van der Waals surface area (Å²) in [6, 6.07) is 30.3. The molecule has 1 aliphatic rings. The van der Waals surface area contributed by atoms with Crippen LogP contribution in [-0.2, 0) is 6.54 Å². The molecule has 0 fully saturated rings. The molecule has 38 heavy (non-hydrogen) atoms. The van der Waals surface area contributed by atoms with E-state index in [2.05, 4.69) is 64.8 Å². The summed E-state index contributed by atoms with van der Waals surface area (Å²) in [6.45, 7) is 4.48. The van der Waals surface area contributed by atoms with Gasteiger partial charge in [-0.1, -0.05) is 48.0 Å². The van der Waals surface area contributed by atoms with E-state index >= 15 is 0 Å². The van der Waals surface area contributed by atoms with Crippen LogP contribution in [0.1, 0.15) is 34.1 Å². The summed E-state index contributed by atoms with van der Waals surface area (Å²) in [4.78, 5) is 17.1. The number of nitrogens with zero attached hydrogens (tertiary/aromatic N) is 4. The van der Waals surface area contributed by atoms with Crippen molar-refractivity contribution in [3.63, 3.8) is 0 Å².